The predicted octanol–water partition coefficient (Wildman–Crippen LogP) is 0.740. The molecule has 0 saturated heterocycles. The quantitative estimate of drug-likeness (QED) is 0.648. The van der Waals surface area contributed by atoms with Crippen molar-refractivity contribution in [2.45, 2.75) is 6.92 Å². The molecule has 0 unspecified atom stereocenters. The molecule has 0 radical (unpaired) electrons. The van der Waals surface area contributed by atoms with Gasteiger partial charge in [-0.25, -0.2) is 4.68 Å². The maximum atomic E-state index is 5.80. The molecule has 0 aliphatic rings. The summed E-state index contributed by atoms with van der Waals surface area (Å²) in [6.45, 7) is 1.91. The fourth-order valence-electron chi connectivity index (χ4n) is 1.32. The third kappa shape index (κ3) is 1.19. The van der Waals surface area contributed by atoms with E-state index in [0.717, 1.165) is 11.3 Å². The molecule has 0 atom stereocenters. The molecule has 1 aromatic heterocycles. The second-order valence-electron chi connectivity index (χ2n) is 3.06. The van der Waals surface area contributed by atoms with E-state index in [1.54, 1.807) is 23.1 Å². The Morgan fingerprint density at radius 1 is 1.29 bits per heavy atom. The molecular weight excluding hydrogens is 178 g/mol. The number of anilines is 2. The summed E-state index contributed by atoms with van der Waals surface area (Å²) in [5, 5.41) is 7.62. The van der Waals surface area contributed by atoms with Gasteiger partial charge in [-0.05, 0) is 24.6 Å². The van der Waals surface area contributed by atoms with Crippen molar-refractivity contribution < 1.29 is 0 Å². The standard InChI is InChI=1S/C9H11N5/c1-6-8(14-5-4-12-13-14)3-2-7(10)9(6)11/h2-5H,10-11H2,1H3. The number of nitrogens with two attached hydrogens (primary N) is 2. The summed E-state index contributed by atoms with van der Waals surface area (Å²) in [5.41, 5.74) is 14.5. The minimum atomic E-state index is 0.589. The summed E-state index contributed by atoms with van der Waals surface area (Å²) in [6, 6.07) is 3.63. The van der Waals surface area contributed by atoms with Crippen LogP contribution in [-0.4, -0.2) is 15.0 Å². The predicted molar refractivity (Wildman–Crippen MR) is 54.9 cm³/mol. The number of aromatic nitrogens is 3. The lowest BCUT2D eigenvalue weighted by atomic mass is 10.1. The van der Waals surface area contributed by atoms with Crippen LogP contribution in [0.3, 0.4) is 0 Å². The van der Waals surface area contributed by atoms with Crippen LogP contribution in [0.1, 0.15) is 5.56 Å². The van der Waals surface area contributed by atoms with Crippen LogP contribution in [0, 0.1) is 6.92 Å². The Morgan fingerprint density at radius 2 is 2.07 bits per heavy atom. The van der Waals surface area contributed by atoms with E-state index >= 15 is 0 Å². The third-order valence-corrected chi connectivity index (χ3v) is 2.19. The van der Waals surface area contributed by atoms with Gasteiger partial charge in [-0.2, -0.15) is 0 Å². The molecule has 0 spiro atoms. The van der Waals surface area contributed by atoms with Gasteiger partial charge in [-0.3, -0.25) is 0 Å². The smallest absolute Gasteiger partial charge is 0.0714 e. The molecule has 0 aliphatic carbocycles. The molecule has 72 valence electrons. The van der Waals surface area contributed by atoms with Crippen molar-refractivity contribution in [2.24, 2.45) is 0 Å². The average Bonchev–Trinajstić information content (AvgIpc) is 2.67. The number of hydrogen-bond acceptors (Lipinski definition) is 4. The fraction of sp³-hybridized carbons (Fsp3) is 0.111. The molecule has 4 N–H and O–H groups in total. The maximum absolute atomic E-state index is 5.80. The highest BCUT2D eigenvalue weighted by Gasteiger charge is 2.06. The van der Waals surface area contributed by atoms with Crippen molar-refractivity contribution >= 4 is 11.4 Å². The van der Waals surface area contributed by atoms with Crippen molar-refractivity contribution in [2.75, 3.05) is 11.5 Å². The minimum absolute atomic E-state index is 0.589. The van der Waals surface area contributed by atoms with Crippen molar-refractivity contribution in [1.82, 2.24) is 15.0 Å². The molecule has 0 bridgehead atoms. The molecule has 1 aromatic carbocycles. The topological polar surface area (TPSA) is 82.8 Å². The first-order valence-corrected chi connectivity index (χ1v) is 4.21. The van der Waals surface area contributed by atoms with Gasteiger partial charge in [-0.15, -0.1) is 5.10 Å². The highest BCUT2D eigenvalue weighted by molar-refractivity contribution is 5.71. The monoisotopic (exact) mass is 189 g/mol. The zero-order valence-corrected chi connectivity index (χ0v) is 7.81. The maximum Gasteiger partial charge on any atom is 0.0714 e. The van der Waals surface area contributed by atoms with Crippen molar-refractivity contribution in [3.63, 3.8) is 0 Å². The summed E-state index contributed by atoms with van der Waals surface area (Å²) >= 11 is 0. The van der Waals surface area contributed by atoms with E-state index in [4.69, 9.17) is 11.5 Å². The van der Waals surface area contributed by atoms with E-state index < -0.39 is 0 Å². The van der Waals surface area contributed by atoms with Gasteiger partial charge in [0.1, 0.15) is 0 Å². The molecule has 5 nitrogen and oxygen atoms in total. The zero-order valence-electron chi connectivity index (χ0n) is 7.81. The van der Waals surface area contributed by atoms with Crippen molar-refractivity contribution in [1.29, 1.82) is 0 Å². The zero-order chi connectivity index (χ0) is 10.1. The van der Waals surface area contributed by atoms with Crippen LogP contribution in [0.25, 0.3) is 5.69 Å². The first-order valence-electron chi connectivity index (χ1n) is 4.21. The van der Waals surface area contributed by atoms with E-state index in [0.29, 0.717) is 11.4 Å². The Balaban J connectivity index is 2.61. The summed E-state index contributed by atoms with van der Waals surface area (Å²) in [7, 11) is 0. The summed E-state index contributed by atoms with van der Waals surface area (Å²) in [5.74, 6) is 0. The van der Waals surface area contributed by atoms with Crippen LogP contribution < -0.4 is 11.5 Å². The molecule has 2 aromatic rings. The van der Waals surface area contributed by atoms with Gasteiger partial charge in [-0.1, -0.05) is 5.21 Å². The van der Waals surface area contributed by atoms with Crippen molar-refractivity contribution in [3.8, 4) is 5.69 Å². The van der Waals surface area contributed by atoms with E-state index in [9.17, 15) is 0 Å². The highest BCUT2D eigenvalue weighted by Crippen LogP contribution is 2.24. The molecule has 0 fully saturated rings. The normalized spacial score (nSPS) is 10.4. The first kappa shape index (κ1) is 8.55. The third-order valence-electron chi connectivity index (χ3n) is 2.19. The summed E-state index contributed by atoms with van der Waals surface area (Å²) < 4.78 is 1.66. The number of rotatable bonds is 1. The summed E-state index contributed by atoms with van der Waals surface area (Å²) in [6.07, 6.45) is 3.38. The van der Waals surface area contributed by atoms with E-state index in [2.05, 4.69) is 10.3 Å². The van der Waals surface area contributed by atoms with Gasteiger partial charge < -0.3 is 11.5 Å². The Morgan fingerprint density at radius 3 is 2.71 bits per heavy atom. The molecule has 0 amide bonds. The molecule has 5 heteroatoms. The van der Waals surface area contributed by atoms with Gasteiger partial charge >= 0.3 is 0 Å². The Hall–Kier alpha value is -2.04. The SMILES string of the molecule is Cc1c(-n2ccnn2)ccc(N)c1N. The van der Waals surface area contributed by atoms with Crippen molar-refractivity contribution in [3.05, 3.63) is 30.1 Å². The Kier molecular flexibility index (Phi) is 1.85. The van der Waals surface area contributed by atoms with Gasteiger partial charge in [0.25, 0.3) is 0 Å². The Bertz CT molecular complexity index is 446. The molecular formula is C9H11N5. The van der Waals surface area contributed by atoms with Crippen LogP contribution >= 0.6 is 0 Å². The highest BCUT2D eigenvalue weighted by atomic mass is 15.4. The van der Waals surface area contributed by atoms with Crippen LogP contribution in [0.5, 0.6) is 0 Å². The van der Waals surface area contributed by atoms with E-state index in [1.807, 2.05) is 13.0 Å². The molecule has 0 saturated carbocycles. The lowest BCUT2D eigenvalue weighted by Crippen LogP contribution is -2.03. The fourth-order valence-corrected chi connectivity index (χ4v) is 1.32. The second-order valence-corrected chi connectivity index (χ2v) is 3.06. The Labute approximate surface area is 81.3 Å². The number of nitrogen functional groups attached to an aromatic ring is 2. The number of hydrogen-bond donors (Lipinski definition) is 2. The van der Waals surface area contributed by atoms with Gasteiger partial charge in [0.2, 0.25) is 0 Å². The van der Waals surface area contributed by atoms with Crippen LogP contribution in [-0.2, 0) is 0 Å². The first-order chi connectivity index (χ1) is 6.70. The van der Waals surface area contributed by atoms with E-state index in [-0.39, 0.29) is 0 Å². The largest absolute Gasteiger partial charge is 0.397 e. The number of benzene rings is 1. The molecule has 1 heterocycles. The van der Waals surface area contributed by atoms with Gasteiger partial charge in [0.05, 0.1) is 29.5 Å². The van der Waals surface area contributed by atoms with Crippen LogP contribution in [0.15, 0.2) is 24.5 Å². The minimum Gasteiger partial charge on any atom is -0.397 e. The van der Waals surface area contributed by atoms with Crippen LogP contribution in [0.2, 0.25) is 0 Å². The van der Waals surface area contributed by atoms with E-state index in [1.165, 1.54) is 0 Å². The van der Waals surface area contributed by atoms with Gasteiger partial charge in [0, 0.05) is 0 Å². The lowest BCUT2D eigenvalue weighted by molar-refractivity contribution is 0.799. The molecule has 2 rings (SSSR count). The molecule has 0 aliphatic heterocycles. The van der Waals surface area contributed by atoms with Crippen LogP contribution in [0.4, 0.5) is 11.4 Å². The van der Waals surface area contributed by atoms with Gasteiger partial charge in [0.15, 0.2) is 0 Å². The average molecular weight is 189 g/mol. The lowest BCUT2D eigenvalue weighted by Gasteiger charge is -2.09. The summed E-state index contributed by atoms with van der Waals surface area (Å²) in [4.78, 5) is 0. The number of nitrogens with zero attached hydrogens (tertiary/aromatic N) is 3. The second kappa shape index (κ2) is 3.02. The molecule has 14 heavy (non-hydrogen) atoms.